The molecule has 104 valence electrons. The standard InChI is InChI=1S/C17H19NO2/c1-13(2)20-16-9-7-14(8-10-16)11-18-12-15-5-3-4-6-17(15)19/h3-10,12-13,19H,11H2,1-2H3. The van der Waals surface area contributed by atoms with E-state index in [1.807, 2.05) is 50.2 Å². The molecule has 0 aliphatic carbocycles. The van der Waals surface area contributed by atoms with Crippen molar-refractivity contribution in [1.82, 2.24) is 0 Å². The molecule has 0 aromatic heterocycles. The monoisotopic (exact) mass is 269 g/mol. The van der Waals surface area contributed by atoms with Crippen LogP contribution in [0.3, 0.4) is 0 Å². The number of hydrogen-bond acceptors (Lipinski definition) is 3. The molecule has 3 nitrogen and oxygen atoms in total. The van der Waals surface area contributed by atoms with E-state index in [1.165, 1.54) is 0 Å². The van der Waals surface area contributed by atoms with E-state index in [2.05, 4.69) is 4.99 Å². The summed E-state index contributed by atoms with van der Waals surface area (Å²) in [7, 11) is 0. The van der Waals surface area contributed by atoms with E-state index >= 15 is 0 Å². The number of phenolic OH excluding ortho intramolecular Hbond substituents is 1. The zero-order valence-electron chi connectivity index (χ0n) is 11.8. The number of para-hydroxylation sites is 1. The molecule has 0 bridgehead atoms. The lowest BCUT2D eigenvalue weighted by molar-refractivity contribution is 0.242. The number of aliphatic imine (C=N–C) groups is 1. The number of benzene rings is 2. The van der Waals surface area contributed by atoms with Gasteiger partial charge >= 0.3 is 0 Å². The van der Waals surface area contributed by atoms with E-state index in [0.29, 0.717) is 6.54 Å². The second kappa shape index (κ2) is 6.75. The predicted molar refractivity (Wildman–Crippen MR) is 81.6 cm³/mol. The summed E-state index contributed by atoms with van der Waals surface area (Å²) < 4.78 is 5.59. The average Bonchev–Trinajstić information content (AvgIpc) is 2.42. The second-order valence-corrected chi connectivity index (χ2v) is 4.84. The van der Waals surface area contributed by atoms with E-state index < -0.39 is 0 Å². The molecule has 0 aliphatic heterocycles. The van der Waals surface area contributed by atoms with Crippen LogP contribution >= 0.6 is 0 Å². The molecule has 0 fully saturated rings. The third-order valence-corrected chi connectivity index (χ3v) is 2.74. The first kappa shape index (κ1) is 14.1. The lowest BCUT2D eigenvalue weighted by Crippen LogP contribution is -2.05. The quantitative estimate of drug-likeness (QED) is 0.839. The van der Waals surface area contributed by atoms with Crippen LogP contribution in [0.5, 0.6) is 11.5 Å². The van der Waals surface area contributed by atoms with Crippen LogP contribution in [0.15, 0.2) is 53.5 Å². The molecule has 0 spiro atoms. The van der Waals surface area contributed by atoms with Gasteiger partial charge in [0.15, 0.2) is 0 Å². The number of rotatable bonds is 5. The minimum absolute atomic E-state index is 0.180. The molecule has 2 aromatic rings. The van der Waals surface area contributed by atoms with Gasteiger partial charge in [0.2, 0.25) is 0 Å². The van der Waals surface area contributed by atoms with Crippen LogP contribution < -0.4 is 4.74 Å². The van der Waals surface area contributed by atoms with Crippen LogP contribution in [0, 0.1) is 0 Å². The van der Waals surface area contributed by atoms with Crippen LogP contribution in [0.25, 0.3) is 0 Å². The van der Waals surface area contributed by atoms with Gasteiger partial charge in [-0.3, -0.25) is 4.99 Å². The molecule has 2 aromatic carbocycles. The zero-order chi connectivity index (χ0) is 14.4. The average molecular weight is 269 g/mol. The zero-order valence-corrected chi connectivity index (χ0v) is 11.8. The number of hydrogen-bond donors (Lipinski definition) is 1. The van der Waals surface area contributed by atoms with Gasteiger partial charge in [0, 0.05) is 11.8 Å². The summed E-state index contributed by atoms with van der Waals surface area (Å²) in [5.41, 5.74) is 1.83. The molecule has 0 heterocycles. The second-order valence-electron chi connectivity index (χ2n) is 4.84. The Balaban J connectivity index is 1.96. The van der Waals surface area contributed by atoms with Crippen LogP contribution in [0.2, 0.25) is 0 Å². The Bertz CT molecular complexity index is 574. The Morgan fingerprint density at radius 2 is 1.80 bits per heavy atom. The number of aromatic hydroxyl groups is 1. The van der Waals surface area contributed by atoms with E-state index in [4.69, 9.17) is 4.74 Å². The van der Waals surface area contributed by atoms with Crippen LogP contribution in [-0.2, 0) is 6.54 Å². The highest BCUT2D eigenvalue weighted by atomic mass is 16.5. The molecule has 0 saturated heterocycles. The summed E-state index contributed by atoms with van der Waals surface area (Å²) >= 11 is 0. The van der Waals surface area contributed by atoms with Gasteiger partial charge in [-0.25, -0.2) is 0 Å². The largest absolute Gasteiger partial charge is 0.507 e. The molecule has 3 heteroatoms. The summed E-state index contributed by atoms with van der Waals surface area (Å²) in [4.78, 5) is 4.34. The van der Waals surface area contributed by atoms with Crippen molar-refractivity contribution < 1.29 is 9.84 Å². The van der Waals surface area contributed by atoms with Crippen molar-refractivity contribution in [1.29, 1.82) is 0 Å². The first-order valence-corrected chi connectivity index (χ1v) is 6.68. The molecular formula is C17H19NO2. The van der Waals surface area contributed by atoms with Crippen molar-refractivity contribution in [3.05, 3.63) is 59.7 Å². The third kappa shape index (κ3) is 4.12. The number of ether oxygens (including phenoxy) is 1. The number of nitrogens with zero attached hydrogens (tertiary/aromatic N) is 1. The topological polar surface area (TPSA) is 41.8 Å². The van der Waals surface area contributed by atoms with Gasteiger partial charge in [-0.05, 0) is 43.7 Å². The van der Waals surface area contributed by atoms with Crippen molar-refractivity contribution in [2.45, 2.75) is 26.5 Å². The van der Waals surface area contributed by atoms with Gasteiger partial charge in [-0.2, -0.15) is 0 Å². The van der Waals surface area contributed by atoms with Gasteiger partial charge in [0.05, 0.1) is 12.6 Å². The summed E-state index contributed by atoms with van der Waals surface area (Å²) in [5.74, 6) is 1.12. The van der Waals surface area contributed by atoms with Crippen LogP contribution in [0.1, 0.15) is 25.0 Å². The predicted octanol–water partition coefficient (Wildman–Crippen LogP) is 3.80. The minimum Gasteiger partial charge on any atom is -0.507 e. The van der Waals surface area contributed by atoms with E-state index in [0.717, 1.165) is 16.9 Å². The maximum Gasteiger partial charge on any atom is 0.124 e. The fourth-order valence-electron chi connectivity index (χ4n) is 1.79. The Morgan fingerprint density at radius 3 is 2.45 bits per heavy atom. The number of phenols is 1. The van der Waals surface area contributed by atoms with Gasteiger partial charge in [0.1, 0.15) is 11.5 Å². The highest BCUT2D eigenvalue weighted by Crippen LogP contribution is 2.15. The van der Waals surface area contributed by atoms with Gasteiger partial charge in [-0.15, -0.1) is 0 Å². The van der Waals surface area contributed by atoms with Gasteiger partial charge in [0.25, 0.3) is 0 Å². The molecule has 0 amide bonds. The fourth-order valence-corrected chi connectivity index (χ4v) is 1.79. The Hall–Kier alpha value is -2.29. The molecule has 2 rings (SSSR count). The summed E-state index contributed by atoms with van der Waals surface area (Å²) in [6, 6.07) is 15.0. The van der Waals surface area contributed by atoms with E-state index in [9.17, 15) is 5.11 Å². The van der Waals surface area contributed by atoms with Crippen molar-refractivity contribution in [3.63, 3.8) is 0 Å². The fraction of sp³-hybridized carbons (Fsp3) is 0.235. The van der Waals surface area contributed by atoms with Crippen molar-refractivity contribution in [3.8, 4) is 11.5 Å². The molecule has 1 N–H and O–H groups in total. The maximum atomic E-state index is 9.62. The highest BCUT2D eigenvalue weighted by Gasteiger charge is 1.98. The Morgan fingerprint density at radius 1 is 1.10 bits per heavy atom. The van der Waals surface area contributed by atoms with Gasteiger partial charge in [-0.1, -0.05) is 24.3 Å². The lowest BCUT2D eigenvalue weighted by Gasteiger charge is -2.09. The molecule has 20 heavy (non-hydrogen) atoms. The summed E-state index contributed by atoms with van der Waals surface area (Å²) in [6.07, 6.45) is 1.87. The van der Waals surface area contributed by atoms with Crippen molar-refractivity contribution in [2.75, 3.05) is 0 Å². The van der Waals surface area contributed by atoms with Gasteiger partial charge < -0.3 is 9.84 Å². The first-order valence-electron chi connectivity index (χ1n) is 6.68. The molecule has 0 atom stereocenters. The molecule has 0 aliphatic rings. The van der Waals surface area contributed by atoms with Crippen molar-refractivity contribution >= 4 is 6.21 Å². The van der Waals surface area contributed by atoms with Crippen LogP contribution in [-0.4, -0.2) is 17.4 Å². The van der Waals surface area contributed by atoms with Crippen molar-refractivity contribution in [2.24, 2.45) is 4.99 Å². The minimum atomic E-state index is 0.180. The van der Waals surface area contributed by atoms with E-state index in [1.54, 1.807) is 18.3 Å². The molecule has 0 unspecified atom stereocenters. The Labute approximate surface area is 119 Å². The molecular weight excluding hydrogens is 250 g/mol. The summed E-state index contributed by atoms with van der Waals surface area (Å²) in [6.45, 7) is 4.59. The molecule has 0 radical (unpaired) electrons. The first-order chi connectivity index (χ1) is 9.65. The Kier molecular flexibility index (Phi) is 4.77. The lowest BCUT2D eigenvalue weighted by atomic mass is 10.2. The third-order valence-electron chi connectivity index (χ3n) is 2.74. The maximum absolute atomic E-state index is 9.62. The van der Waals surface area contributed by atoms with Crippen LogP contribution in [0.4, 0.5) is 0 Å². The highest BCUT2D eigenvalue weighted by molar-refractivity contribution is 5.83. The van der Waals surface area contributed by atoms with E-state index in [-0.39, 0.29) is 11.9 Å². The smallest absolute Gasteiger partial charge is 0.124 e. The molecule has 0 saturated carbocycles. The normalized spacial score (nSPS) is 11.2. The summed E-state index contributed by atoms with van der Waals surface area (Å²) in [5, 5.41) is 9.62. The SMILES string of the molecule is CC(C)Oc1ccc(CN=Cc2ccccc2O)cc1.